The Morgan fingerprint density at radius 3 is 1.83 bits per heavy atom. The molecule has 3 N–H and O–H groups in total. The van der Waals surface area contributed by atoms with E-state index in [2.05, 4.69) is 0 Å². The number of rotatable bonds is 9. The molecule has 2 nitrogen and oxygen atoms in total. The molecule has 0 unspecified atom stereocenters. The number of unbranched alkanes of at least 4 members (excludes halogenated alkanes) is 7. The zero-order chi connectivity index (χ0) is 9.07. The molecule has 0 rings (SSSR count). The van der Waals surface area contributed by atoms with Crippen molar-refractivity contribution in [2.75, 3.05) is 6.54 Å². The van der Waals surface area contributed by atoms with E-state index in [1.165, 1.54) is 51.2 Å². The van der Waals surface area contributed by atoms with E-state index >= 15 is 0 Å². The Labute approximate surface area is 76.0 Å². The summed E-state index contributed by atoms with van der Waals surface area (Å²) >= 11 is 0. The fourth-order valence-electron chi connectivity index (χ4n) is 1.27. The van der Waals surface area contributed by atoms with E-state index in [4.69, 9.17) is 11.1 Å². The molecule has 0 spiro atoms. The molecular weight excluding hydrogens is 148 g/mol. The number of hydrogen-bond donors (Lipinski definition) is 2. The van der Waals surface area contributed by atoms with Crippen molar-refractivity contribution >= 4 is 6.21 Å². The highest BCUT2D eigenvalue weighted by Gasteiger charge is 1.89. The van der Waals surface area contributed by atoms with Gasteiger partial charge in [0.05, 0.1) is 0 Å². The van der Waals surface area contributed by atoms with Crippen molar-refractivity contribution in [3.8, 4) is 0 Å². The van der Waals surface area contributed by atoms with Crippen molar-refractivity contribution in [3.63, 3.8) is 0 Å². The zero-order valence-corrected chi connectivity index (χ0v) is 8.02. The van der Waals surface area contributed by atoms with E-state index in [-0.39, 0.29) is 0 Å². The van der Waals surface area contributed by atoms with Crippen LogP contribution in [0, 0.1) is 5.41 Å². The minimum absolute atomic E-state index is 0.841. The van der Waals surface area contributed by atoms with Gasteiger partial charge in [-0.2, -0.15) is 0 Å². The van der Waals surface area contributed by atoms with Gasteiger partial charge in [0.2, 0.25) is 0 Å². The molecule has 0 amide bonds. The van der Waals surface area contributed by atoms with Crippen LogP contribution in [-0.2, 0) is 0 Å². The second-order valence-corrected chi connectivity index (χ2v) is 3.26. The standard InChI is InChI=1S/C10H22N2/c11-9-7-5-3-1-2-4-6-8-10-12/h9,11H,1-8,10,12H2. The van der Waals surface area contributed by atoms with E-state index in [9.17, 15) is 0 Å². The number of hydrogen-bond acceptors (Lipinski definition) is 2. The Hall–Kier alpha value is -0.370. The molecule has 0 aromatic carbocycles. The molecule has 0 aliphatic rings. The molecule has 0 fully saturated rings. The molecule has 0 saturated heterocycles. The molecule has 0 aliphatic heterocycles. The summed E-state index contributed by atoms with van der Waals surface area (Å²) in [5.41, 5.74) is 5.38. The molecule has 0 radical (unpaired) electrons. The predicted octanol–water partition coefficient (Wildman–Crippen LogP) is 2.72. The van der Waals surface area contributed by atoms with Crippen LogP contribution in [-0.4, -0.2) is 12.8 Å². The van der Waals surface area contributed by atoms with Gasteiger partial charge in [-0.1, -0.05) is 32.1 Å². The first-order valence-electron chi connectivity index (χ1n) is 5.11. The van der Waals surface area contributed by atoms with Crippen LogP contribution in [0.4, 0.5) is 0 Å². The highest BCUT2D eigenvalue weighted by Crippen LogP contribution is 2.07. The maximum Gasteiger partial charge on any atom is -0.00477 e. The molecule has 0 saturated carbocycles. The first kappa shape index (κ1) is 11.6. The molecule has 12 heavy (non-hydrogen) atoms. The minimum Gasteiger partial charge on any atom is -0.330 e. The van der Waals surface area contributed by atoms with Crippen LogP contribution < -0.4 is 5.73 Å². The fourth-order valence-corrected chi connectivity index (χ4v) is 1.27. The third-order valence-corrected chi connectivity index (χ3v) is 2.05. The summed E-state index contributed by atoms with van der Waals surface area (Å²) in [6.07, 6.45) is 11.4. The highest BCUT2D eigenvalue weighted by molar-refractivity contribution is 5.52. The summed E-state index contributed by atoms with van der Waals surface area (Å²) in [5.74, 6) is 0. The summed E-state index contributed by atoms with van der Waals surface area (Å²) in [7, 11) is 0. The van der Waals surface area contributed by atoms with Gasteiger partial charge in [-0.3, -0.25) is 0 Å². The molecule has 0 heterocycles. The van der Waals surface area contributed by atoms with E-state index in [1.54, 1.807) is 0 Å². The van der Waals surface area contributed by atoms with Gasteiger partial charge in [-0.05, 0) is 32.0 Å². The average molecular weight is 170 g/mol. The zero-order valence-electron chi connectivity index (χ0n) is 8.02. The van der Waals surface area contributed by atoms with Gasteiger partial charge in [0.1, 0.15) is 0 Å². The van der Waals surface area contributed by atoms with Crippen LogP contribution in [0.2, 0.25) is 0 Å². The molecule has 0 aliphatic carbocycles. The highest BCUT2D eigenvalue weighted by atomic mass is 14.5. The van der Waals surface area contributed by atoms with Crippen molar-refractivity contribution < 1.29 is 0 Å². The van der Waals surface area contributed by atoms with Crippen molar-refractivity contribution in [1.29, 1.82) is 5.41 Å². The van der Waals surface area contributed by atoms with Crippen molar-refractivity contribution in [3.05, 3.63) is 0 Å². The Balaban J connectivity index is 2.77. The largest absolute Gasteiger partial charge is 0.330 e. The maximum atomic E-state index is 6.84. The quantitative estimate of drug-likeness (QED) is 0.405. The van der Waals surface area contributed by atoms with E-state index in [0.717, 1.165) is 13.0 Å². The lowest BCUT2D eigenvalue weighted by Gasteiger charge is -1.99. The Kier molecular flexibility index (Phi) is 10.3. The van der Waals surface area contributed by atoms with Gasteiger partial charge < -0.3 is 11.1 Å². The second-order valence-electron chi connectivity index (χ2n) is 3.26. The van der Waals surface area contributed by atoms with Crippen LogP contribution in [0.3, 0.4) is 0 Å². The van der Waals surface area contributed by atoms with Gasteiger partial charge >= 0.3 is 0 Å². The molecule has 2 heteroatoms. The third-order valence-electron chi connectivity index (χ3n) is 2.05. The monoisotopic (exact) mass is 170 g/mol. The molecule has 0 atom stereocenters. The molecular formula is C10H22N2. The summed E-state index contributed by atoms with van der Waals surface area (Å²) in [4.78, 5) is 0. The smallest absolute Gasteiger partial charge is 0.00477 e. The van der Waals surface area contributed by atoms with Gasteiger partial charge in [-0.25, -0.2) is 0 Å². The number of nitrogens with one attached hydrogen (secondary N) is 1. The summed E-state index contributed by atoms with van der Waals surface area (Å²) in [6.45, 7) is 0.841. The van der Waals surface area contributed by atoms with Crippen molar-refractivity contribution in [2.24, 2.45) is 5.73 Å². The van der Waals surface area contributed by atoms with Gasteiger partial charge in [0.15, 0.2) is 0 Å². The Bertz CT molecular complexity index is 91.8. The van der Waals surface area contributed by atoms with Crippen LogP contribution >= 0.6 is 0 Å². The van der Waals surface area contributed by atoms with Crippen LogP contribution in [0.25, 0.3) is 0 Å². The molecule has 72 valence electrons. The first-order chi connectivity index (χ1) is 5.91. The van der Waals surface area contributed by atoms with Crippen LogP contribution in [0.15, 0.2) is 0 Å². The fraction of sp³-hybridized carbons (Fsp3) is 0.900. The minimum atomic E-state index is 0.841. The van der Waals surface area contributed by atoms with Crippen molar-refractivity contribution in [2.45, 2.75) is 51.4 Å². The third kappa shape index (κ3) is 9.63. The Morgan fingerprint density at radius 2 is 1.33 bits per heavy atom. The van der Waals surface area contributed by atoms with Gasteiger partial charge in [0.25, 0.3) is 0 Å². The van der Waals surface area contributed by atoms with Crippen LogP contribution in [0.5, 0.6) is 0 Å². The topological polar surface area (TPSA) is 49.9 Å². The van der Waals surface area contributed by atoms with Crippen LogP contribution in [0.1, 0.15) is 51.4 Å². The number of nitrogens with two attached hydrogens (primary N) is 1. The van der Waals surface area contributed by atoms with E-state index < -0.39 is 0 Å². The SMILES string of the molecule is N=CCCCCCCCCCN. The summed E-state index contributed by atoms with van der Waals surface area (Å²) < 4.78 is 0. The van der Waals surface area contributed by atoms with E-state index in [0.29, 0.717) is 0 Å². The molecule has 0 bridgehead atoms. The van der Waals surface area contributed by atoms with Crippen molar-refractivity contribution in [1.82, 2.24) is 0 Å². The first-order valence-corrected chi connectivity index (χ1v) is 5.11. The Morgan fingerprint density at radius 1 is 0.833 bits per heavy atom. The second kappa shape index (κ2) is 10.6. The van der Waals surface area contributed by atoms with Gasteiger partial charge in [-0.15, -0.1) is 0 Å². The van der Waals surface area contributed by atoms with Gasteiger partial charge in [0, 0.05) is 0 Å². The molecule has 0 aromatic rings. The average Bonchev–Trinajstić information content (AvgIpc) is 2.10. The maximum absolute atomic E-state index is 6.84. The van der Waals surface area contributed by atoms with E-state index in [1.807, 2.05) is 0 Å². The summed E-state index contributed by atoms with van der Waals surface area (Å²) in [5, 5.41) is 6.84. The lowest BCUT2D eigenvalue weighted by Crippen LogP contribution is -1.97. The predicted molar refractivity (Wildman–Crippen MR) is 54.8 cm³/mol. The lowest BCUT2D eigenvalue weighted by molar-refractivity contribution is 0.587. The summed E-state index contributed by atoms with van der Waals surface area (Å²) in [6, 6.07) is 0. The lowest BCUT2D eigenvalue weighted by atomic mass is 10.1. The molecule has 0 aromatic heterocycles. The normalized spacial score (nSPS) is 10.1.